The van der Waals surface area contributed by atoms with Crippen LogP contribution in [0.4, 0.5) is 5.95 Å². The largest absolute Gasteiger partial charge is 0.480 e. The number of H-pyrrole nitrogens is 1. The summed E-state index contributed by atoms with van der Waals surface area (Å²) in [4.78, 5) is 40.9. The van der Waals surface area contributed by atoms with Crippen molar-refractivity contribution in [2.45, 2.75) is 20.4 Å². The van der Waals surface area contributed by atoms with E-state index >= 15 is 0 Å². The fourth-order valence-corrected chi connectivity index (χ4v) is 2.09. The molecule has 0 aliphatic carbocycles. The molecule has 0 saturated carbocycles. The summed E-state index contributed by atoms with van der Waals surface area (Å²) in [5.41, 5.74) is -0.603. The number of fused-ring (bicyclic) bond motifs is 1. The molecule has 0 bridgehead atoms. The van der Waals surface area contributed by atoms with Gasteiger partial charge in [0.05, 0.1) is 0 Å². The number of anilines is 1. The number of carboxylic acids is 1. The number of aromatic nitrogens is 4. The Morgan fingerprint density at radius 2 is 2.10 bits per heavy atom. The Hall–Kier alpha value is -2.58. The first-order chi connectivity index (χ1) is 9.81. The first-order valence-electron chi connectivity index (χ1n) is 6.46. The zero-order valence-corrected chi connectivity index (χ0v) is 12.0. The van der Waals surface area contributed by atoms with Gasteiger partial charge in [-0.25, -0.2) is 4.79 Å². The van der Waals surface area contributed by atoms with Crippen molar-refractivity contribution in [3.8, 4) is 0 Å². The zero-order valence-electron chi connectivity index (χ0n) is 12.0. The van der Waals surface area contributed by atoms with Crippen LogP contribution in [-0.4, -0.2) is 36.7 Å². The minimum Gasteiger partial charge on any atom is -0.480 e. The van der Waals surface area contributed by atoms with Gasteiger partial charge in [0.2, 0.25) is 5.95 Å². The lowest BCUT2D eigenvalue weighted by molar-refractivity contribution is -0.134. The van der Waals surface area contributed by atoms with Crippen LogP contribution < -0.4 is 16.6 Å². The maximum atomic E-state index is 11.9. The quantitative estimate of drug-likeness (QED) is 0.688. The molecule has 0 spiro atoms. The molecule has 21 heavy (non-hydrogen) atoms. The summed E-state index contributed by atoms with van der Waals surface area (Å²) in [5, 5.41) is 11.3. The molecule has 114 valence electrons. The van der Waals surface area contributed by atoms with Crippen molar-refractivity contribution in [1.82, 2.24) is 19.1 Å². The van der Waals surface area contributed by atoms with Crippen LogP contribution in [0.5, 0.6) is 0 Å². The Kier molecular flexibility index (Phi) is 3.83. The van der Waals surface area contributed by atoms with Gasteiger partial charge < -0.3 is 15.0 Å². The Morgan fingerprint density at radius 3 is 2.67 bits per heavy atom. The van der Waals surface area contributed by atoms with Crippen LogP contribution in [0.15, 0.2) is 9.59 Å². The third kappa shape index (κ3) is 2.81. The Labute approximate surface area is 119 Å². The van der Waals surface area contributed by atoms with Crippen molar-refractivity contribution in [3.63, 3.8) is 0 Å². The summed E-state index contributed by atoms with van der Waals surface area (Å²) in [6.07, 6.45) is 0. The normalized spacial score (nSPS) is 11.2. The van der Waals surface area contributed by atoms with Gasteiger partial charge >= 0.3 is 11.7 Å². The highest BCUT2D eigenvalue weighted by Crippen LogP contribution is 2.14. The standard InChI is InChI=1S/C12H17N5O4/c1-6(2)5-17-9-8(10(20)15-12(17)21)16(3)11(14-9)13-4-7(18)19/h6H,4-5H2,1-3H3,(H,13,14)(H,18,19)(H,15,20,21). The fraction of sp³-hybridized carbons (Fsp3) is 0.500. The topological polar surface area (TPSA) is 122 Å². The minimum atomic E-state index is -1.05. The van der Waals surface area contributed by atoms with Gasteiger partial charge in [-0.05, 0) is 5.92 Å². The average molecular weight is 295 g/mol. The van der Waals surface area contributed by atoms with Crippen LogP contribution in [-0.2, 0) is 18.4 Å². The molecule has 2 rings (SSSR count). The zero-order chi connectivity index (χ0) is 15.7. The van der Waals surface area contributed by atoms with Crippen LogP contribution in [0.2, 0.25) is 0 Å². The summed E-state index contributed by atoms with van der Waals surface area (Å²) < 4.78 is 2.82. The maximum absolute atomic E-state index is 11.9. The monoisotopic (exact) mass is 295 g/mol. The summed E-state index contributed by atoms with van der Waals surface area (Å²) in [6, 6.07) is 0. The number of hydrogen-bond donors (Lipinski definition) is 3. The molecule has 2 aromatic heterocycles. The molecule has 2 heterocycles. The van der Waals surface area contributed by atoms with E-state index in [9.17, 15) is 14.4 Å². The predicted octanol–water partition coefficient (Wildman–Crippen LogP) is -0.424. The van der Waals surface area contributed by atoms with Crippen molar-refractivity contribution in [1.29, 1.82) is 0 Å². The van der Waals surface area contributed by atoms with Gasteiger partial charge in [-0.3, -0.25) is 19.1 Å². The number of imidazole rings is 1. The molecule has 0 radical (unpaired) electrons. The Balaban J connectivity index is 2.65. The summed E-state index contributed by atoms with van der Waals surface area (Å²) in [5.74, 6) is -0.634. The Morgan fingerprint density at radius 1 is 1.43 bits per heavy atom. The van der Waals surface area contributed by atoms with Crippen LogP contribution in [0.3, 0.4) is 0 Å². The fourth-order valence-electron chi connectivity index (χ4n) is 2.09. The minimum absolute atomic E-state index is 0.189. The first kappa shape index (κ1) is 14.8. The molecule has 9 heteroatoms. The molecule has 3 N–H and O–H groups in total. The second kappa shape index (κ2) is 5.43. The molecular formula is C12H17N5O4. The van der Waals surface area contributed by atoms with Gasteiger partial charge in [-0.1, -0.05) is 13.8 Å². The van der Waals surface area contributed by atoms with Crippen LogP contribution in [0.1, 0.15) is 13.8 Å². The van der Waals surface area contributed by atoms with Gasteiger partial charge in [-0.15, -0.1) is 0 Å². The van der Waals surface area contributed by atoms with Crippen LogP contribution in [0.25, 0.3) is 11.2 Å². The van der Waals surface area contributed by atoms with Crippen molar-refractivity contribution >= 4 is 23.1 Å². The number of aromatic amines is 1. The molecule has 0 fully saturated rings. The molecule has 0 atom stereocenters. The number of nitrogens with one attached hydrogen (secondary N) is 2. The van der Waals surface area contributed by atoms with E-state index < -0.39 is 17.2 Å². The molecule has 0 saturated heterocycles. The summed E-state index contributed by atoms with van der Waals surface area (Å²) in [7, 11) is 1.58. The number of carboxylic acid groups (broad SMARTS) is 1. The van der Waals surface area contributed by atoms with E-state index in [4.69, 9.17) is 5.11 Å². The van der Waals surface area contributed by atoms with E-state index in [2.05, 4.69) is 15.3 Å². The van der Waals surface area contributed by atoms with Crippen molar-refractivity contribution < 1.29 is 9.90 Å². The lowest BCUT2D eigenvalue weighted by Crippen LogP contribution is -2.32. The van der Waals surface area contributed by atoms with E-state index in [1.165, 1.54) is 9.13 Å². The Bertz CT molecular complexity index is 798. The van der Waals surface area contributed by atoms with E-state index in [0.29, 0.717) is 6.54 Å². The van der Waals surface area contributed by atoms with Gasteiger partial charge in [0.25, 0.3) is 5.56 Å². The summed E-state index contributed by atoms with van der Waals surface area (Å²) in [6.45, 7) is 3.96. The van der Waals surface area contributed by atoms with Crippen molar-refractivity contribution in [2.75, 3.05) is 11.9 Å². The molecule has 0 aromatic carbocycles. The number of rotatable bonds is 5. The number of hydrogen-bond acceptors (Lipinski definition) is 5. The van der Waals surface area contributed by atoms with Gasteiger partial charge in [0, 0.05) is 13.6 Å². The molecule has 0 aliphatic heterocycles. The molecule has 9 nitrogen and oxygen atoms in total. The number of aliphatic carboxylic acids is 1. The predicted molar refractivity (Wildman–Crippen MR) is 76.6 cm³/mol. The van der Waals surface area contributed by atoms with Gasteiger partial charge in [0.1, 0.15) is 6.54 Å². The van der Waals surface area contributed by atoms with E-state index in [1.807, 2.05) is 13.8 Å². The lowest BCUT2D eigenvalue weighted by atomic mass is 10.2. The number of aryl methyl sites for hydroxylation is 1. The van der Waals surface area contributed by atoms with E-state index in [-0.39, 0.29) is 29.6 Å². The second-order valence-electron chi connectivity index (χ2n) is 5.18. The van der Waals surface area contributed by atoms with Crippen LogP contribution >= 0.6 is 0 Å². The molecule has 0 aliphatic rings. The van der Waals surface area contributed by atoms with E-state index in [1.54, 1.807) is 7.05 Å². The SMILES string of the molecule is CC(C)Cn1c(=O)[nH]c(=O)c2c1nc(NCC(=O)O)n2C. The van der Waals surface area contributed by atoms with Crippen molar-refractivity contribution in [2.24, 2.45) is 13.0 Å². The highest BCUT2D eigenvalue weighted by Gasteiger charge is 2.17. The second-order valence-corrected chi connectivity index (χ2v) is 5.18. The van der Waals surface area contributed by atoms with E-state index in [0.717, 1.165) is 0 Å². The third-order valence-corrected chi connectivity index (χ3v) is 2.96. The summed E-state index contributed by atoms with van der Waals surface area (Å²) >= 11 is 0. The number of carbonyl (C=O) groups is 1. The maximum Gasteiger partial charge on any atom is 0.330 e. The average Bonchev–Trinajstić information content (AvgIpc) is 2.69. The molecule has 0 amide bonds. The smallest absolute Gasteiger partial charge is 0.330 e. The highest BCUT2D eigenvalue weighted by molar-refractivity contribution is 5.76. The lowest BCUT2D eigenvalue weighted by Gasteiger charge is -2.08. The number of nitrogens with zero attached hydrogens (tertiary/aromatic N) is 3. The highest BCUT2D eigenvalue weighted by atomic mass is 16.4. The van der Waals surface area contributed by atoms with Gasteiger partial charge in [-0.2, -0.15) is 4.98 Å². The molecular weight excluding hydrogens is 278 g/mol. The first-order valence-corrected chi connectivity index (χ1v) is 6.46. The third-order valence-electron chi connectivity index (χ3n) is 2.96. The molecule has 2 aromatic rings. The van der Waals surface area contributed by atoms with Gasteiger partial charge in [0.15, 0.2) is 11.2 Å². The van der Waals surface area contributed by atoms with Crippen LogP contribution in [0, 0.1) is 5.92 Å². The molecule has 0 unspecified atom stereocenters. The van der Waals surface area contributed by atoms with Crippen molar-refractivity contribution in [3.05, 3.63) is 20.8 Å².